The minimum Gasteiger partial charge on any atom is -0.475 e. The van der Waals surface area contributed by atoms with Crippen molar-refractivity contribution in [2.24, 2.45) is 0 Å². The summed E-state index contributed by atoms with van der Waals surface area (Å²) >= 11 is 0. The highest BCUT2D eigenvalue weighted by Crippen LogP contribution is 1.97. The van der Waals surface area contributed by atoms with Crippen LogP contribution in [0.2, 0.25) is 0 Å². The molecule has 7 heteroatoms. The standard InChI is InChI=1S/C6H8O7/c7-1-2(8)3(9)4(10)5(11)6(12)13/h3-4,7,9-10H,1H2,(H,12,13). The number of carboxylic acids is 1. The molecule has 0 bridgehead atoms. The molecule has 74 valence electrons. The fourth-order valence-electron chi connectivity index (χ4n) is 0.540. The molecule has 0 aromatic rings. The van der Waals surface area contributed by atoms with Gasteiger partial charge in [0.25, 0.3) is 5.78 Å². The number of carbonyl (C=O) groups is 3. The molecule has 0 aromatic carbocycles. The maximum atomic E-state index is 10.5. The zero-order valence-electron chi connectivity index (χ0n) is 6.38. The molecule has 7 nitrogen and oxygen atoms in total. The number of rotatable bonds is 5. The molecule has 0 radical (unpaired) electrons. The van der Waals surface area contributed by atoms with E-state index in [1.807, 2.05) is 0 Å². The summed E-state index contributed by atoms with van der Waals surface area (Å²) in [6, 6.07) is 0. The van der Waals surface area contributed by atoms with Crippen molar-refractivity contribution >= 4 is 17.5 Å². The van der Waals surface area contributed by atoms with Crippen molar-refractivity contribution in [3.05, 3.63) is 0 Å². The molecule has 0 aliphatic heterocycles. The summed E-state index contributed by atoms with van der Waals surface area (Å²) in [6.07, 6.45) is -4.54. The Bertz CT molecular complexity index is 233. The van der Waals surface area contributed by atoms with Gasteiger partial charge in [0.05, 0.1) is 0 Å². The van der Waals surface area contributed by atoms with Gasteiger partial charge >= 0.3 is 5.97 Å². The predicted molar refractivity (Wildman–Crippen MR) is 36.7 cm³/mol. The lowest BCUT2D eigenvalue weighted by Crippen LogP contribution is -2.43. The number of aliphatic hydroxyl groups is 3. The Hall–Kier alpha value is -1.31. The molecule has 13 heavy (non-hydrogen) atoms. The smallest absolute Gasteiger partial charge is 0.375 e. The zero-order chi connectivity index (χ0) is 10.6. The van der Waals surface area contributed by atoms with Gasteiger partial charge in [-0.15, -0.1) is 0 Å². The second kappa shape index (κ2) is 4.65. The summed E-state index contributed by atoms with van der Waals surface area (Å²) in [5, 5.41) is 33.8. The van der Waals surface area contributed by atoms with Crippen LogP contribution < -0.4 is 0 Å². The van der Waals surface area contributed by atoms with Crippen LogP contribution in [0.1, 0.15) is 0 Å². The number of hydrogen-bond donors (Lipinski definition) is 4. The normalized spacial score (nSPS) is 14.7. The maximum Gasteiger partial charge on any atom is 0.375 e. The third-order valence-electron chi connectivity index (χ3n) is 1.26. The van der Waals surface area contributed by atoms with Gasteiger partial charge in [0.2, 0.25) is 0 Å². The van der Waals surface area contributed by atoms with Crippen LogP contribution in [-0.4, -0.2) is 56.8 Å². The van der Waals surface area contributed by atoms with Crippen LogP contribution >= 0.6 is 0 Å². The van der Waals surface area contributed by atoms with Gasteiger partial charge in [-0.25, -0.2) is 4.79 Å². The minimum absolute atomic E-state index is 1.08. The van der Waals surface area contributed by atoms with Crippen LogP contribution in [0.3, 0.4) is 0 Å². The molecular formula is C6H8O7. The number of carbonyl (C=O) groups excluding carboxylic acids is 2. The van der Waals surface area contributed by atoms with Gasteiger partial charge in [-0.3, -0.25) is 9.59 Å². The van der Waals surface area contributed by atoms with Crippen molar-refractivity contribution < 1.29 is 34.8 Å². The van der Waals surface area contributed by atoms with Crippen molar-refractivity contribution in [2.75, 3.05) is 6.61 Å². The Morgan fingerprint density at radius 1 is 1.08 bits per heavy atom. The second-order valence-corrected chi connectivity index (χ2v) is 2.18. The monoisotopic (exact) mass is 192 g/mol. The Kier molecular flexibility index (Phi) is 4.18. The second-order valence-electron chi connectivity index (χ2n) is 2.18. The molecule has 0 aliphatic rings. The third-order valence-corrected chi connectivity index (χ3v) is 1.26. The summed E-state index contributed by atoms with van der Waals surface area (Å²) in [4.78, 5) is 30.9. The molecule has 0 rings (SSSR count). The first-order chi connectivity index (χ1) is 5.91. The van der Waals surface area contributed by atoms with Crippen LogP contribution in [0, 0.1) is 0 Å². The summed E-state index contributed by atoms with van der Waals surface area (Å²) in [6.45, 7) is -1.08. The molecule has 0 spiro atoms. The van der Waals surface area contributed by atoms with Crippen LogP contribution in [0.4, 0.5) is 0 Å². The summed E-state index contributed by atoms with van der Waals surface area (Å²) in [5.74, 6) is -4.88. The first-order valence-corrected chi connectivity index (χ1v) is 3.18. The molecule has 0 heterocycles. The Morgan fingerprint density at radius 2 is 1.54 bits per heavy atom. The Balaban J connectivity index is 4.42. The number of aliphatic hydroxyl groups excluding tert-OH is 3. The van der Waals surface area contributed by atoms with E-state index >= 15 is 0 Å². The number of hydrogen-bond acceptors (Lipinski definition) is 6. The maximum absolute atomic E-state index is 10.5. The molecule has 0 saturated carbocycles. The highest BCUT2D eigenvalue weighted by atomic mass is 16.4. The van der Waals surface area contributed by atoms with E-state index < -0.39 is 36.4 Å². The van der Waals surface area contributed by atoms with Crippen molar-refractivity contribution in [1.29, 1.82) is 0 Å². The summed E-state index contributed by atoms with van der Waals surface area (Å²) in [5.41, 5.74) is 0. The lowest BCUT2D eigenvalue weighted by atomic mass is 10.1. The lowest BCUT2D eigenvalue weighted by molar-refractivity contribution is -0.158. The van der Waals surface area contributed by atoms with E-state index in [1.54, 1.807) is 0 Å². The highest BCUT2D eigenvalue weighted by Gasteiger charge is 2.33. The van der Waals surface area contributed by atoms with Crippen LogP contribution in [0.5, 0.6) is 0 Å². The summed E-state index contributed by atoms with van der Waals surface area (Å²) < 4.78 is 0. The van der Waals surface area contributed by atoms with E-state index in [-0.39, 0.29) is 0 Å². The molecule has 0 amide bonds. The molecule has 0 fully saturated rings. The Labute approximate surface area is 72.2 Å². The lowest BCUT2D eigenvalue weighted by Gasteiger charge is -2.11. The first-order valence-electron chi connectivity index (χ1n) is 3.18. The van der Waals surface area contributed by atoms with E-state index in [9.17, 15) is 14.4 Å². The molecule has 4 N–H and O–H groups in total. The fraction of sp³-hybridized carbons (Fsp3) is 0.500. The van der Waals surface area contributed by atoms with E-state index in [0.29, 0.717) is 0 Å². The highest BCUT2D eigenvalue weighted by molar-refractivity contribution is 6.35. The number of carboxylic acid groups (broad SMARTS) is 1. The predicted octanol–water partition coefficient (Wildman–Crippen LogP) is -3.08. The van der Waals surface area contributed by atoms with Crippen LogP contribution in [0.25, 0.3) is 0 Å². The fourth-order valence-corrected chi connectivity index (χ4v) is 0.540. The SMILES string of the molecule is O=C(O)C(=O)C(O)C(O)C(=O)CO. The molecule has 2 unspecified atom stereocenters. The van der Waals surface area contributed by atoms with E-state index in [1.165, 1.54) is 0 Å². The zero-order valence-corrected chi connectivity index (χ0v) is 6.38. The van der Waals surface area contributed by atoms with Gasteiger partial charge in [-0.05, 0) is 0 Å². The number of Topliss-reactive ketones (excluding diaryl/α,β-unsaturated/α-hetero) is 2. The number of aliphatic carboxylic acids is 1. The third kappa shape index (κ3) is 2.90. The van der Waals surface area contributed by atoms with E-state index in [4.69, 9.17) is 20.4 Å². The molecule has 0 aromatic heterocycles. The average Bonchev–Trinajstić information content (AvgIpc) is 2.12. The van der Waals surface area contributed by atoms with Crippen molar-refractivity contribution in [3.63, 3.8) is 0 Å². The minimum atomic E-state index is -2.34. The van der Waals surface area contributed by atoms with Gasteiger partial charge < -0.3 is 20.4 Å². The average molecular weight is 192 g/mol. The largest absolute Gasteiger partial charge is 0.475 e. The van der Waals surface area contributed by atoms with Crippen molar-refractivity contribution in [3.8, 4) is 0 Å². The van der Waals surface area contributed by atoms with Crippen molar-refractivity contribution in [1.82, 2.24) is 0 Å². The van der Waals surface area contributed by atoms with Crippen molar-refractivity contribution in [2.45, 2.75) is 12.2 Å². The Morgan fingerprint density at radius 3 is 1.85 bits per heavy atom. The van der Waals surface area contributed by atoms with Crippen LogP contribution in [0.15, 0.2) is 0 Å². The molecule has 0 saturated heterocycles. The topological polar surface area (TPSA) is 132 Å². The summed E-state index contributed by atoms with van der Waals surface area (Å²) in [7, 11) is 0. The molecular weight excluding hydrogens is 184 g/mol. The van der Waals surface area contributed by atoms with Gasteiger partial charge in [-0.2, -0.15) is 0 Å². The van der Waals surface area contributed by atoms with Gasteiger partial charge in [-0.1, -0.05) is 0 Å². The van der Waals surface area contributed by atoms with Gasteiger partial charge in [0.15, 0.2) is 11.9 Å². The molecule has 0 aliphatic carbocycles. The van der Waals surface area contributed by atoms with Gasteiger partial charge in [0.1, 0.15) is 12.7 Å². The quantitative estimate of drug-likeness (QED) is 0.339. The molecule has 2 atom stereocenters. The van der Waals surface area contributed by atoms with Crippen LogP contribution in [-0.2, 0) is 14.4 Å². The van der Waals surface area contributed by atoms with Gasteiger partial charge in [0, 0.05) is 0 Å². The van der Waals surface area contributed by atoms with E-state index in [2.05, 4.69) is 0 Å². The van der Waals surface area contributed by atoms with E-state index in [0.717, 1.165) is 0 Å². The first kappa shape index (κ1) is 11.7. The number of ketones is 2.